The molecule has 1 aromatic rings. The van der Waals surface area contributed by atoms with Gasteiger partial charge in [0.15, 0.2) is 0 Å². The molecule has 0 radical (unpaired) electrons. The van der Waals surface area contributed by atoms with E-state index < -0.39 is 0 Å². The Labute approximate surface area is 81.4 Å². The van der Waals surface area contributed by atoms with E-state index in [0.29, 0.717) is 5.92 Å². The van der Waals surface area contributed by atoms with E-state index in [-0.39, 0.29) is 6.10 Å². The number of hydrogen-bond acceptors (Lipinski definition) is 1. The summed E-state index contributed by atoms with van der Waals surface area (Å²) in [6.07, 6.45) is 0.792. The molecule has 0 amide bonds. The summed E-state index contributed by atoms with van der Waals surface area (Å²) in [5, 5.41) is 8.72. The van der Waals surface area contributed by atoms with Crippen LogP contribution >= 0.6 is 0 Å². The van der Waals surface area contributed by atoms with Gasteiger partial charge in [-0.3, -0.25) is 0 Å². The highest BCUT2D eigenvalue weighted by atomic mass is 16.3. The molecule has 0 bridgehead atoms. The van der Waals surface area contributed by atoms with Crippen molar-refractivity contribution in [2.45, 2.75) is 33.3 Å². The Kier molecular flexibility index (Phi) is 7.32. The van der Waals surface area contributed by atoms with Crippen molar-refractivity contribution in [3.8, 4) is 0 Å². The molecule has 1 N–H and O–H groups in total. The molecule has 0 aliphatic rings. The molecule has 0 spiro atoms. The standard InChI is InChI=1S/C6H14O.C6H6/c1-5(2)4-6(3)7;1-2-4-6-5-3-1/h5-7H,4H2,1-3H3;1-6H. The fourth-order valence-electron chi connectivity index (χ4n) is 1.07. The molecule has 0 heterocycles. The van der Waals surface area contributed by atoms with Crippen LogP contribution < -0.4 is 0 Å². The highest BCUT2D eigenvalue weighted by molar-refractivity contribution is 4.99. The van der Waals surface area contributed by atoms with Gasteiger partial charge < -0.3 is 5.11 Å². The SMILES string of the molecule is CC(C)CC(C)O.c1ccccc1. The summed E-state index contributed by atoms with van der Waals surface area (Å²) in [5.41, 5.74) is 0. The number of benzene rings is 1. The third kappa shape index (κ3) is 11.2. The number of hydrogen-bond donors (Lipinski definition) is 1. The fraction of sp³-hybridized carbons (Fsp3) is 0.500. The normalized spacial score (nSPS) is 11.8. The predicted octanol–water partition coefficient (Wildman–Crippen LogP) is 3.10. The summed E-state index contributed by atoms with van der Waals surface area (Å²) in [7, 11) is 0. The summed E-state index contributed by atoms with van der Waals surface area (Å²) in [6.45, 7) is 6.03. The second kappa shape index (κ2) is 7.81. The molecular weight excluding hydrogens is 160 g/mol. The Balaban J connectivity index is 0.000000223. The third-order valence-corrected chi connectivity index (χ3v) is 1.48. The third-order valence-electron chi connectivity index (χ3n) is 1.48. The molecule has 1 heteroatoms. The fourth-order valence-corrected chi connectivity index (χ4v) is 1.07. The van der Waals surface area contributed by atoms with E-state index in [0.717, 1.165) is 6.42 Å². The first-order chi connectivity index (χ1) is 6.13. The maximum absolute atomic E-state index is 8.72. The molecule has 0 saturated carbocycles. The maximum atomic E-state index is 8.72. The number of rotatable bonds is 2. The molecular formula is C12H20O. The van der Waals surface area contributed by atoms with Gasteiger partial charge in [-0.2, -0.15) is 0 Å². The van der Waals surface area contributed by atoms with E-state index in [1.54, 1.807) is 0 Å². The van der Waals surface area contributed by atoms with Crippen molar-refractivity contribution in [1.82, 2.24) is 0 Å². The summed E-state index contributed by atoms with van der Waals surface area (Å²) in [6, 6.07) is 12.0. The van der Waals surface area contributed by atoms with Gasteiger partial charge in [0.1, 0.15) is 0 Å². The van der Waals surface area contributed by atoms with Crippen molar-refractivity contribution < 1.29 is 5.11 Å². The van der Waals surface area contributed by atoms with Gasteiger partial charge in [-0.1, -0.05) is 50.2 Å². The van der Waals surface area contributed by atoms with E-state index in [1.807, 2.05) is 43.3 Å². The van der Waals surface area contributed by atoms with E-state index >= 15 is 0 Å². The van der Waals surface area contributed by atoms with Gasteiger partial charge in [0, 0.05) is 0 Å². The Morgan fingerprint density at radius 1 is 0.846 bits per heavy atom. The summed E-state index contributed by atoms with van der Waals surface area (Å²) in [5.74, 6) is 0.625. The molecule has 13 heavy (non-hydrogen) atoms. The molecule has 1 unspecified atom stereocenters. The van der Waals surface area contributed by atoms with Gasteiger partial charge in [0.25, 0.3) is 0 Å². The smallest absolute Gasteiger partial charge is 0.0514 e. The highest BCUT2D eigenvalue weighted by Gasteiger charge is 1.97. The lowest BCUT2D eigenvalue weighted by Crippen LogP contribution is -2.03. The first-order valence-electron chi connectivity index (χ1n) is 4.81. The molecule has 1 rings (SSSR count). The van der Waals surface area contributed by atoms with Crippen molar-refractivity contribution in [3.05, 3.63) is 36.4 Å². The molecule has 0 saturated heterocycles. The minimum atomic E-state index is -0.125. The van der Waals surface area contributed by atoms with Crippen molar-refractivity contribution >= 4 is 0 Å². The average Bonchev–Trinajstić information content (AvgIpc) is 2.06. The van der Waals surface area contributed by atoms with Crippen molar-refractivity contribution in [2.75, 3.05) is 0 Å². The van der Waals surface area contributed by atoms with Gasteiger partial charge >= 0.3 is 0 Å². The minimum absolute atomic E-state index is 0.125. The van der Waals surface area contributed by atoms with Crippen molar-refractivity contribution in [1.29, 1.82) is 0 Å². The second-order valence-electron chi connectivity index (χ2n) is 3.63. The van der Waals surface area contributed by atoms with Crippen LogP contribution in [0.25, 0.3) is 0 Å². The predicted molar refractivity (Wildman–Crippen MR) is 57.6 cm³/mol. The Hall–Kier alpha value is -0.820. The van der Waals surface area contributed by atoms with E-state index in [2.05, 4.69) is 13.8 Å². The van der Waals surface area contributed by atoms with E-state index in [9.17, 15) is 0 Å². The van der Waals surface area contributed by atoms with Crippen LogP contribution in [0, 0.1) is 5.92 Å². The molecule has 1 atom stereocenters. The number of aliphatic hydroxyl groups excluding tert-OH is 1. The lowest BCUT2D eigenvalue weighted by molar-refractivity contribution is 0.168. The Morgan fingerprint density at radius 3 is 1.23 bits per heavy atom. The average molecular weight is 180 g/mol. The van der Waals surface area contributed by atoms with Gasteiger partial charge in [-0.15, -0.1) is 0 Å². The van der Waals surface area contributed by atoms with Crippen LogP contribution in [0.3, 0.4) is 0 Å². The van der Waals surface area contributed by atoms with Crippen LogP contribution in [-0.4, -0.2) is 11.2 Å². The molecule has 1 nitrogen and oxygen atoms in total. The first-order valence-corrected chi connectivity index (χ1v) is 4.81. The van der Waals surface area contributed by atoms with Crippen LogP contribution in [0.15, 0.2) is 36.4 Å². The minimum Gasteiger partial charge on any atom is -0.393 e. The molecule has 0 aliphatic heterocycles. The molecule has 1 aromatic carbocycles. The molecule has 0 aromatic heterocycles. The zero-order valence-corrected chi connectivity index (χ0v) is 8.77. The zero-order valence-electron chi connectivity index (χ0n) is 8.77. The van der Waals surface area contributed by atoms with Gasteiger partial charge in [-0.25, -0.2) is 0 Å². The van der Waals surface area contributed by atoms with Crippen LogP contribution in [0.2, 0.25) is 0 Å². The van der Waals surface area contributed by atoms with Gasteiger partial charge in [0.05, 0.1) is 6.10 Å². The summed E-state index contributed by atoms with van der Waals surface area (Å²) < 4.78 is 0. The lowest BCUT2D eigenvalue weighted by Gasteiger charge is -2.04. The van der Waals surface area contributed by atoms with Crippen LogP contribution in [0.4, 0.5) is 0 Å². The van der Waals surface area contributed by atoms with Crippen LogP contribution in [-0.2, 0) is 0 Å². The van der Waals surface area contributed by atoms with Crippen molar-refractivity contribution in [3.63, 3.8) is 0 Å². The molecule has 74 valence electrons. The summed E-state index contributed by atoms with van der Waals surface area (Å²) in [4.78, 5) is 0. The van der Waals surface area contributed by atoms with Gasteiger partial charge in [-0.05, 0) is 19.3 Å². The van der Waals surface area contributed by atoms with E-state index in [1.165, 1.54) is 0 Å². The number of aliphatic hydroxyl groups is 1. The highest BCUT2D eigenvalue weighted by Crippen LogP contribution is 2.01. The van der Waals surface area contributed by atoms with Crippen molar-refractivity contribution in [2.24, 2.45) is 5.92 Å². The van der Waals surface area contributed by atoms with Crippen LogP contribution in [0.5, 0.6) is 0 Å². The Bertz CT molecular complexity index is 147. The maximum Gasteiger partial charge on any atom is 0.0514 e. The molecule has 0 aliphatic carbocycles. The largest absolute Gasteiger partial charge is 0.393 e. The molecule has 0 fully saturated rings. The summed E-state index contributed by atoms with van der Waals surface area (Å²) >= 11 is 0. The lowest BCUT2D eigenvalue weighted by atomic mass is 10.1. The van der Waals surface area contributed by atoms with E-state index in [4.69, 9.17) is 5.11 Å². The van der Waals surface area contributed by atoms with Gasteiger partial charge in [0.2, 0.25) is 0 Å². The quantitative estimate of drug-likeness (QED) is 0.741. The second-order valence-corrected chi connectivity index (χ2v) is 3.63. The first kappa shape index (κ1) is 12.2. The Morgan fingerprint density at radius 2 is 1.15 bits per heavy atom. The zero-order chi connectivity index (χ0) is 10.1. The van der Waals surface area contributed by atoms with Crippen LogP contribution in [0.1, 0.15) is 27.2 Å². The monoisotopic (exact) mass is 180 g/mol. The topological polar surface area (TPSA) is 20.2 Å².